The molecule has 19 heavy (non-hydrogen) atoms. The summed E-state index contributed by atoms with van der Waals surface area (Å²) in [5.74, 6) is -0.147. The van der Waals surface area contributed by atoms with E-state index in [1.54, 1.807) is 0 Å². The zero-order valence-corrected chi connectivity index (χ0v) is 10.0. The molecule has 0 radical (unpaired) electrons. The fourth-order valence-electron chi connectivity index (χ4n) is 1.74. The van der Waals surface area contributed by atoms with Crippen LogP contribution >= 0.6 is 0 Å². The van der Waals surface area contributed by atoms with Crippen LogP contribution < -0.4 is 5.69 Å². The second kappa shape index (κ2) is 4.87. The minimum Gasteiger partial charge on any atom is -0.312 e. The maximum absolute atomic E-state index is 12.4. The summed E-state index contributed by atoms with van der Waals surface area (Å²) in [4.78, 5) is 16.9. The van der Waals surface area contributed by atoms with Crippen molar-refractivity contribution in [1.29, 1.82) is 0 Å². The summed E-state index contributed by atoms with van der Waals surface area (Å²) >= 11 is 0. The number of halogens is 3. The Kier molecular flexibility index (Phi) is 3.42. The summed E-state index contributed by atoms with van der Waals surface area (Å²) in [6.07, 6.45) is -1.40. The number of nitrogens with one attached hydrogen (secondary N) is 1. The van der Waals surface area contributed by atoms with Gasteiger partial charge in [-0.25, -0.2) is 9.78 Å². The summed E-state index contributed by atoms with van der Waals surface area (Å²) < 4.78 is 37.3. The van der Waals surface area contributed by atoms with Gasteiger partial charge in [-0.1, -0.05) is 19.1 Å². The van der Waals surface area contributed by atoms with E-state index in [1.165, 1.54) is 24.5 Å². The Labute approximate surface area is 107 Å². The maximum atomic E-state index is 12.4. The number of rotatable bonds is 2. The lowest BCUT2D eigenvalue weighted by Crippen LogP contribution is -2.11. The molecule has 0 bridgehead atoms. The van der Waals surface area contributed by atoms with Crippen molar-refractivity contribution in [1.82, 2.24) is 9.97 Å². The molecule has 1 aromatic heterocycles. The Morgan fingerprint density at radius 1 is 1.16 bits per heavy atom. The van der Waals surface area contributed by atoms with Gasteiger partial charge in [-0.3, -0.25) is 0 Å². The number of alkyl halides is 3. The van der Waals surface area contributed by atoms with E-state index in [4.69, 9.17) is 0 Å². The summed E-state index contributed by atoms with van der Waals surface area (Å²) in [5.41, 5.74) is 0.327. The molecule has 0 amide bonds. The van der Waals surface area contributed by atoms with Gasteiger partial charge in [0.15, 0.2) is 0 Å². The van der Waals surface area contributed by atoms with E-state index in [9.17, 15) is 18.0 Å². The highest BCUT2D eigenvalue weighted by Crippen LogP contribution is 2.31. The van der Waals surface area contributed by atoms with Crippen LogP contribution in [0, 0.1) is 0 Å². The van der Waals surface area contributed by atoms with Gasteiger partial charge in [-0.15, -0.1) is 0 Å². The summed E-state index contributed by atoms with van der Waals surface area (Å²) in [5, 5.41) is 0. The highest BCUT2D eigenvalue weighted by atomic mass is 19.4. The van der Waals surface area contributed by atoms with Gasteiger partial charge in [-0.05, 0) is 23.3 Å². The predicted octanol–water partition coefficient (Wildman–Crippen LogP) is 2.94. The molecule has 100 valence electrons. The molecule has 1 heterocycles. The van der Waals surface area contributed by atoms with Crippen molar-refractivity contribution >= 4 is 0 Å². The van der Waals surface area contributed by atoms with Gasteiger partial charge in [0, 0.05) is 18.3 Å². The van der Waals surface area contributed by atoms with E-state index in [0.29, 0.717) is 0 Å². The minimum atomic E-state index is -4.33. The number of H-pyrrole nitrogens is 1. The monoisotopic (exact) mass is 268 g/mol. The van der Waals surface area contributed by atoms with E-state index < -0.39 is 17.4 Å². The molecule has 2 rings (SSSR count). The molecular formula is C13H11F3N2O. The van der Waals surface area contributed by atoms with E-state index in [1.807, 2.05) is 6.92 Å². The first-order valence-corrected chi connectivity index (χ1v) is 5.59. The SMILES string of the molecule is CC(c1ccc(C(F)(F)F)cc1)c1cnc(=O)[nH]c1. The molecule has 0 fully saturated rings. The van der Waals surface area contributed by atoms with Gasteiger partial charge in [0.05, 0.1) is 5.56 Å². The maximum Gasteiger partial charge on any atom is 0.416 e. The van der Waals surface area contributed by atoms with Crippen molar-refractivity contribution in [2.45, 2.75) is 19.0 Å². The molecule has 2 aromatic rings. The Bertz CT molecular complexity index is 597. The molecule has 6 heteroatoms. The standard InChI is InChI=1S/C13H11F3N2O/c1-8(10-6-17-12(19)18-7-10)9-2-4-11(5-3-9)13(14,15)16/h2-8H,1H3,(H,17,18,19). The van der Waals surface area contributed by atoms with Crippen LogP contribution in [-0.4, -0.2) is 9.97 Å². The lowest BCUT2D eigenvalue weighted by Gasteiger charge is -2.13. The lowest BCUT2D eigenvalue weighted by molar-refractivity contribution is -0.137. The minimum absolute atomic E-state index is 0.147. The summed E-state index contributed by atoms with van der Waals surface area (Å²) in [7, 11) is 0. The fourth-order valence-corrected chi connectivity index (χ4v) is 1.74. The van der Waals surface area contributed by atoms with Gasteiger partial charge >= 0.3 is 11.9 Å². The Balaban J connectivity index is 2.27. The molecule has 1 aromatic carbocycles. The third kappa shape index (κ3) is 3.01. The van der Waals surface area contributed by atoms with Gasteiger partial charge < -0.3 is 4.98 Å². The Morgan fingerprint density at radius 3 is 2.26 bits per heavy atom. The highest BCUT2D eigenvalue weighted by Gasteiger charge is 2.30. The third-order valence-electron chi connectivity index (χ3n) is 2.93. The molecule has 0 aliphatic rings. The van der Waals surface area contributed by atoms with Crippen molar-refractivity contribution < 1.29 is 13.2 Å². The number of benzene rings is 1. The van der Waals surface area contributed by atoms with Crippen molar-refractivity contribution in [2.24, 2.45) is 0 Å². The normalized spacial score (nSPS) is 13.3. The van der Waals surface area contributed by atoms with Crippen LogP contribution in [0.15, 0.2) is 41.5 Å². The smallest absolute Gasteiger partial charge is 0.312 e. The fraction of sp³-hybridized carbons (Fsp3) is 0.231. The third-order valence-corrected chi connectivity index (χ3v) is 2.93. The average molecular weight is 268 g/mol. The Morgan fingerprint density at radius 2 is 1.79 bits per heavy atom. The zero-order valence-electron chi connectivity index (χ0n) is 10.0. The van der Waals surface area contributed by atoms with Crippen molar-refractivity contribution in [3.05, 3.63) is 63.8 Å². The molecule has 0 spiro atoms. The number of nitrogens with zero attached hydrogens (tertiary/aromatic N) is 1. The van der Waals surface area contributed by atoms with Gasteiger partial charge in [-0.2, -0.15) is 13.2 Å². The van der Waals surface area contributed by atoms with Gasteiger partial charge in [0.25, 0.3) is 0 Å². The van der Waals surface area contributed by atoms with Gasteiger partial charge in [0.2, 0.25) is 0 Å². The first-order valence-electron chi connectivity index (χ1n) is 5.59. The van der Waals surface area contributed by atoms with Crippen molar-refractivity contribution in [2.75, 3.05) is 0 Å². The quantitative estimate of drug-likeness (QED) is 0.910. The van der Waals surface area contributed by atoms with Crippen LogP contribution in [-0.2, 0) is 6.18 Å². The number of aromatic amines is 1. The molecule has 0 saturated heterocycles. The van der Waals surface area contributed by atoms with E-state index >= 15 is 0 Å². The average Bonchev–Trinajstić information content (AvgIpc) is 2.38. The Hall–Kier alpha value is -2.11. The molecule has 0 saturated carbocycles. The largest absolute Gasteiger partial charge is 0.416 e. The van der Waals surface area contributed by atoms with Crippen LogP contribution in [0.25, 0.3) is 0 Å². The first kappa shape index (κ1) is 13.3. The predicted molar refractivity (Wildman–Crippen MR) is 63.8 cm³/mol. The van der Waals surface area contributed by atoms with Gasteiger partial charge in [0.1, 0.15) is 0 Å². The topological polar surface area (TPSA) is 45.8 Å². The first-order chi connectivity index (χ1) is 8.88. The van der Waals surface area contributed by atoms with Crippen molar-refractivity contribution in [3.8, 4) is 0 Å². The van der Waals surface area contributed by atoms with E-state index in [0.717, 1.165) is 23.3 Å². The van der Waals surface area contributed by atoms with Crippen molar-refractivity contribution in [3.63, 3.8) is 0 Å². The number of hydrogen-bond donors (Lipinski definition) is 1. The molecule has 0 aliphatic heterocycles. The molecule has 1 atom stereocenters. The number of aromatic nitrogens is 2. The van der Waals surface area contributed by atoms with E-state index in [-0.39, 0.29) is 5.92 Å². The van der Waals surface area contributed by atoms with Crippen LogP contribution in [0.5, 0.6) is 0 Å². The molecule has 3 nitrogen and oxygen atoms in total. The van der Waals surface area contributed by atoms with Crippen LogP contribution in [0.3, 0.4) is 0 Å². The van der Waals surface area contributed by atoms with Crippen LogP contribution in [0.1, 0.15) is 29.5 Å². The molecule has 0 aliphatic carbocycles. The van der Waals surface area contributed by atoms with E-state index in [2.05, 4.69) is 9.97 Å². The molecule has 1 unspecified atom stereocenters. The number of hydrogen-bond acceptors (Lipinski definition) is 2. The lowest BCUT2D eigenvalue weighted by atomic mass is 9.94. The summed E-state index contributed by atoms with van der Waals surface area (Å²) in [6.45, 7) is 1.83. The van der Waals surface area contributed by atoms with Crippen LogP contribution in [0.2, 0.25) is 0 Å². The highest BCUT2D eigenvalue weighted by molar-refractivity contribution is 5.32. The summed E-state index contributed by atoms with van der Waals surface area (Å²) in [6, 6.07) is 4.95. The van der Waals surface area contributed by atoms with Crippen LogP contribution in [0.4, 0.5) is 13.2 Å². The molecule has 1 N–H and O–H groups in total. The second-order valence-corrected chi connectivity index (χ2v) is 4.19. The molecular weight excluding hydrogens is 257 g/mol. The second-order valence-electron chi connectivity index (χ2n) is 4.19. The zero-order chi connectivity index (χ0) is 14.0.